The molecule has 0 spiro atoms. The molecule has 0 radical (unpaired) electrons. The summed E-state index contributed by atoms with van der Waals surface area (Å²) >= 11 is 0. The molecule has 12 heavy (non-hydrogen) atoms. The lowest BCUT2D eigenvalue weighted by Gasteiger charge is -2.27. The molecule has 0 aromatic heterocycles. The fourth-order valence-electron chi connectivity index (χ4n) is 1.55. The van der Waals surface area contributed by atoms with E-state index < -0.39 is 0 Å². The first-order valence-electron chi connectivity index (χ1n) is 4.69. The van der Waals surface area contributed by atoms with Crippen LogP contribution < -0.4 is 0 Å². The molecule has 1 aliphatic rings. The normalized spacial score (nSPS) is 23.8. The molecule has 1 rings (SSSR count). The molecule has 0 aromatic rings. The van der Waals surface area contributed by atoms with E-state index in [1.54, 1.807) is 0 Å². The second-order valence-corrected chi connectivity index (χ2v) is 5.30. The van der Waals surface area contributed by atoms with Crippen molar-refractivity contribution >= 4 is 0 Å². The summed E-state index contributed by atoms with van der Waals surface area (Å²) < 4.78 is 0. The van der Waals surface area contributed by atoms with Gasteiger partial charge in [-0.3, -0.25) is 0 Å². The lowest BCUT2D eigenvalue weighted by atomic mass is 9.83. The van der Waals surface area contributed by atoms with Gasteiger partial charge in [-0.15, -0.1) is 0 Å². The minimum absolute atomic E-state index is 0.132. The molecule has 0 aromatic carbocycles. The van der Waals surface area contributed by atoms with Crippen LogP contribution in [0.4, 0.5) is 0 Å². The highest BCUT2D eigenvalue weighted by Crippen LogP contribution is 2.50. The van der Waals surface area contributed by atoms with Crippen molar-refractivity contribution in [1.29, 1.82) is 0 Å². The van der Waals surface area contributed by atoms with Crippen molar-refractivity contribution in [1.82, 2.24) is 0 Å². The Morgan fingerprint density at radius 3 is 2.08 bits per heavy atom. The smallest absolute Gasteiger partial charge is 0.0623 e. The van der Waals surface area contributed by atoms with Crippen LogP contribution in [-0.4, -0.2) is 22.9 Å². The summed E-state index contributed by atoms with van der Waals surface area (Å²) in [7, 11) is 0. The van der Waals surface area contributed by atoms with Crippen LogP contribution >= 0.6 is 0 Å². The molecular formula is C10H20O2. The van der Waals surface area contributed by atoms with Crippen molar-refractivity contribution < 1.29 is 10.2 Å². The van der Waals surface area contributed by atoms with Gasteiger partial charge in [-0.1, -0.05) is 20.8 Å². The number of hydrogen-bond acceptors (Lipinski definition) is 2. The summed E-state index contributed by atoms with van der Waals surface area (Å²) in [5.41, 5.74) is 0.0253. The van der Waals surface area contributed by atoms with Gasteiger partial charge in [-0.2, -0.15) is 0 Å². The van der Waals surface area contributed by atoms with Crippen LogP contribution in [0.3, 0.4) is 0 Å². The van der Waals surface area contributed by atoms with E-state index in [2.05, 4.69) is 20.8 Å². The van der Waals surface area contributed by atoms with Crippen LogP contribution in [0.1, 0.15) is 40.0 Å². The summed E-state index contributed by atoms with van der Waals surface area (Å²) in [4.78, 5) is 0. The molecule has 1 atom stereocenters. The average Bonchev–Trinajstić information content (AvgIpc) is 2.62. The third-order valence-electron chi connectivity index (χ3n) is 2.72. The topological polar surface area (TPSA) is 40.5 Å². The van der Waals surface area contributed by atoms with Gasteiger partial charge in [0.1, 0.15) is 0 Å². The van der Waals surface area contributed by atoms with Gasteiger partial charge in [0.25, 0.3) is 0 Å². The highest BCUT2D eigenvalue weighted by molar-refractivity contribution is 4.99. The second kappa shape index (κ2) is 3.00. The minimum Gasteiger partial charge on any atom is -0.396 e. The molecule has 72 valence electrons. The van der Waals surface area contributed by atoms with Crippen molar-refractivity contribution in [3.63, 3.8) is 0 Å². The summed E-state index contributed by atoms with van der Waals surface area (Å²) in [5.74, 6) is 0. The molecule has 0 amide bonds. The zero-order valence-corrected chi connectivity index (χ0v) is 8.30. The molecule has 2 N–H and O–H groups in total. The lowest BCUT2D eigenvalue weighted by Crippen LogP contribution is -2.29. The first kappa shape index (κ1) is 10.0. The minimum atomic E-state index is -0.317. The van der Waals surface area contributed by atoms with E-state index in [1.807, 2.05) is 0 Å². The predicted molar refractivity (Wildman–Crippen MR) is 48.8 cm³/mol. The summed E-state index contributed by atoms with van der Waals surface area (Å²) in [5, 5.41) is 18.9. The SMILES string of the molecule is CC(C)(C)C[C@H](O)C1(CO)CC1. The van der Waals surface area contributed by atoms with E-state index in [1.165, 1.54) is 0 Å². The van der Waals surface area contributed by atoms with E-state index in [9.17, 15) is 5.11 Å². The summed E-state index contributed by atoms with van der Waals surface area (Å²) in [6.45, 7) is 6.49. The largest absolute Gasteiger partial charge is 0.396 e. The second-order valence-electron chi connectivity index (χ2n) is 5.30. The highest BCUT2D eigenvalue weighted by atomic mass is 16.3. The van der Waals surface area contributed by atoms with Crippen LogP contribution in [0.15, 0.2) is 0 Å². The third kappa shape index (κ3) is 2.20. The Morgan fingerprint density at radius 1 is 1.33 bits per heavy atom. The van der Waals surface area contributed by atoms with Crippen molar-refractivity contribution in [3.8, 4) is 0 Å². The van der Waals surface area contributed by atoms with Gasteiger partial charge in [-0.05, 0) is 24.7 Å². The van der Waals surface area contributed by atoms with E-state index >= 15 is 0 Å². The zero-order valence-electron chi connectivity index (χ0n) is 8.30. The van der Waals surface area contributed by atoms with Gasteiger partial charge < -0.3 is 10.2 Å². The van der Waals surface area contributed by atoms with Crippen molar-refractivity contribution in [2.75, 3.05) is 6.61 Å². The highest BCUT2D eigenvalue weighted by Gasteiger charge is 2.49. The molecular weight excluding hydrogens is 152 g/mol. The molecule has 0 bridgehead atoms. The van der Waals surface area contributed by atoms with Gasteiger partial charge in [0, 0.05) is 5.41 Å². The number of aliphatic hydroxyl groups excluding tert-OH is 2. The molecule has 1 aliphatic carbocycles. The van der Waals surface area contributed by atoms with Crippen molar-refractivity contribution in [3.05, 3.63) is 0 Å². The van der Waals surface area contributed by atoms with E-state index in [0.717, 1.165) is 19.3 Å². The Bertz CT molecular complexity index is 154. The Kier molecular flexibility index (Phi) is 2.50. The van der Waals surface area contributed by atoms with Gasteiger partial charge in [0.05, 0.1) is 12.7 Å². The maximum atomic E-state index is 9.82. The Labute approximate surface area is 74.6 Å². The van der Waals surface area contributed by atoms with Crippen LogP contribution in [0.2, 0.25) is 0 Å². The summed E-state index contributed by atoms with van der Waals surface area (Å²) in [6, 6.07) is 0. The predicted octanol–water partition coefficient (Wildman–Crippen LogP) is 1.56. The van der Waals surface area contributed by atoms with Crippen LogP contribution in [0.5, 0.6) is 0 Å². The fourth-order valence-corrected chi connectivity index (χ4v) is 1.55. The monoisotopic (exact) mass is 172 g/mol. The first-order chi connectivity index (χ1) is 5.40. The zero-order chi connectivity index (χ0) is 9.41. The van der Waals surface area contributed by atoms with Crippen LogP contribution in [0.25, 0.3) is 0 Å². The summed E-state index contributed by atoms with van der Waals surface area (Å²) in [6.07, 6.45) is 2.44. The standard InChI is InChI=1S/C10H20O2/c1-9(2,3)6-8(12)10(7-11)4-5-10/h8,11-12H,4-7H2,1-3H3/t8-/m0/s1. The molecule has 0 aliphatic heterocycles. The Balaban J connectivity index is 2.43. The lowest BCUT2D eigenvalue weighted by molar-refractivity contribution is 0.0223. The molecule has 1 fully saturated rings. The molecule has 0 heterocycles. The average molecular weight is 172 g/mol. The first-order valence-corrected chi connectivity index (χ1v) is 4.69. The van der Waals surface area contributed by atoms with Gasteiger partial charge in [0.2, 0.25) is 0 Å². The number of rotatable bonds is 3. The van der Waals surface area contributed by atoms with E-state index in [-0.39, 0.29) is 23.5 Å². The Hall–Kier alpha value is -0.0800. The van der Waals surface area contributed by atoms with Gasteiger partial charge >= 0.3 is 0 Å². The van der Waals surface area contributed by atoms with Crippen LogP contribution in [-0.2, 0) is 0 Å². The quantitative estimate of drug-likeness (QED) is 0.678. The molecule has 2 heteroatoms. The third-order valence-corrected chi connectivity index (χ3v) is 2.72. The van der Waals surface area contributed by atoms with Gasteiger partial charge in [0.15, 0.2) is 0 Å². The molecule has 1 saturated carbocycles. The number of aliphatic hydroxyl groups is 2. The molecule has 2 nitrogen and oxygen atoms in total. The van der Waals surface area contributed by atoms with Crippen LogP contribution in [0, 0.1) is 10.8 Å². The van der Waals surface area contributed by atoms with E-state index in [0.29, 0.717) is 0 Å². The van der Waals surface area contributed by atoms with Crippen molar-refractivity contribution in [2.45, 2.75) is 46.1 Å². The fraction of sp³-hybridized carbons (Fsp3) is 1.00. The Morgan fingerprint density at radius 2 is 1.83 bits per heavy atom. The van der Waals surface area contributed by atoms with Crippen molar-refractivity contribution in [2.24, 2.45) is 10.8 Å². The molecule has 0 saturated heterocycles. The van der Waals surface area contributed by atoms with E-state index in [4.69, 9.17) is 5.11 Å². The van der Waals surface area contributed by atoms with Gasteiger partial charge in [-0.25, -0.2) is 0 Å². The maximum Gasteiger partial charge on any atom is 0.0623 e. The maximum absolute atomic E-state index is 9.82. The molecule has 0 unspecified atom stereocenters. The number of hydrogen-bond donors (Lipinski definition) is 2.